The summed E-state index contributed by atoms with van der Waals surface area (Å²) in [7, 11) is 1.51. The van der Waals surface area contributed by atoms with Crippen LogP contribution in [0.5, 0.6) is 5.75 Å². The van der Waals surface area contributed by atoms with E-state index in [1.54, 1.807) is 23.1 Å². The molecule has 0 bridgehead atoms. The van der Waals surface area contributed by atoms with Gasteiger partial charge in [0.05, 0.1) is 7.11 Å². The Bertz CT molecular complexity index is 407. The van der Waals surface area contributed by atoms with Crippen LogP contribution in [-0.2, 0) is 0 Å². The number of amides is 1. The van der Waals surface area contributed by atoms with Crippen LogP contribution in [0.4, 0.5) is 5.69 Å². The Balaban J connectivity index is 3.00. The number of hydrogen-bond acceptors (Lipinski definition) is 4. The molecule has 3 N–H and O–H groups in total. The average molecular weight is 252 g/mol. The molecular weight excluding hydrogens is 232 g/mol. The number of aliphatic hydroxyl groups excluding tert-OH is 1. The van der Waals surface area contributed by atoms with Gasteiger partial charge < -0.3 is 20.5 Å². The van der Waals surface area contributed by atoms with Gasteiger partial charge in [0.2, 0.25) is 0 Å². The molecule has 0 aliphatic heterocycles. The van der Waals surface area contributed by atoms with E-state index in [9.17, 15) is 4.79 Å². The molecule has 0 radical (unpaired) electrons. The topological polar surface area (TPSA) is 75.8 Å². The van der Waals surface area contributed by atoms with Crippen LogP contribution in [0.15, 0.2) is 18.2 Å². The van der Waals surface area contributed by atoms with Crippen LogP contribution in [0.2, 0.25) is 0 Å². The quantitative estimate of drug-likeness (QED) is 0.744. The van der Waals surface area contributed by atoms with Crippen LogP contribution in [-0.4, -0.2) is 42.7 Å². The Morgan fingerprint density at radius 3 is 2.78 bits per heavy atom. The van der Waals surface area contributed by atoms with Crippen molar-refractivity contribution in [1.82, 2.24) is 4.90 Å². The van der Waals surface area contributed by atoms with E-state index in [1.807, 2.05) is 6.92 Å². The molecule has 1 amide bonds. The summed E-state index contributed by atoms with van der Waals surface area (Å²) < 4.78 is 5.17. The van der Waals surface area contributed by atoms with Gasteiger partial charge in [0.15, 0.2) is 0 Å². The lowest BCUT2D eigenvalue weighted by atomic mass is 10.1. The zero-order valence-electron chi connectivity index (χ0n) is 10.8. The molecule has 0 aliphatic rings. The fraction of sp³-hybridized carbons (Fsp3) is 0.462. The summed E-state index contributed by atoms with van der Waals surface area (Å²) in [6.07, 6.45) is 0.550. The minimum absolute atomic E-state index is 0.0607. The number of carbonyl (C=O) groups is 1. The lowest BCUT2D eigenvalue weighted by molar-refractivity contribution is 0.0752. The number of nitrogens with zero attached hydrogens (tertiary/aromatic N) is 1. The van der Waals surface area contributed by atoms with Crippen molar-refractivity contribution in [2.75, 3.05) is 32.5 Å². The van der Waals surface area contributed by atoms with E-state index in [4.69, 9.17) is 15.6 Å². The van der Waals surface area contributed by atoms with Gasteiger partial charge in [-0.3, -0.25) is 4.79 Å². The molecule has 0 atom stereocenters. The fourth-order valence-electron chi connectivity index (χ4n) is 1.77. The number of nitrogens with two attached hydrogens (primary N) is 1. The van der Waals surface area contributed by atoms with Crippen LogP contribution in [0, 0.1) is 0 Å². The third-order valence-electron chi connectivity index (χ3n) is 2.75. The zero-order valence-corrected chi connectivity index (χ0v) is 10.8. The molecule has 0 saturated heterocycles. The molecular formula is C13H20N2O3. The zero-order chi connectivity index (χ0) is 13.5. The molecule has 0 saturated carbocycles. The first kappa shape index (κ1) is 14.3. The van der Waals surface area contributed by atoms with Crippen LogP contribution in [0.25, 0.3) is 0 Å². The SMILES string of the molecule is CCN(CCCO)C(=O)c1c(N)cccc1OC. The summed E-state index contributed by atoms with van der Waals surface area (Å²) in [6, 6.07) is 5.13. The number of ether oxygens (including phenoxy) is 1. The number of rotatable bonds is 6. The fourth-order valence-corrected chi connectivity index (χ4v) is 1.77. The highest BCUT2D eigenvalue weighted by Crippen LogP contribution is 2.25. The van der Waals surface area contributed by atoms with Crippen molar-refractivity contribution in [3.05, 3.63) is 23.8 Å². The number of benzene rings is 1. The monoisotopic (exact) mass is 252 g/mol. The Labute approximate surface area is 107 Å². The predicted octanol–water partition coefficient (Wildman–Crippen LogP) is 1.12. The van der Waals surface area contributed by atoms with Crippen molar-refractivity contribution in [2.24, 2.45) is 0 Å². The molecule has 0 fully saturated rings. The molecule has 0 aliphatic carbocycles. The summed E-state index contributed by atoms with van der Waals surface area (Å²) in [4.78, 5) is 14.0. The number of carbonyl (C=O) groups excluding carboxylic acids is 1. The van der Waals surface area contributed by atoms with E-state index in [-0.39, 0.29) is 12.5 Å². The van der Waals surface area contributed by atoms with E-state index < -0.39 is 0 Å². The van der Waals surface area contributed by atoms with Crippen molar-refractivity contribution >= 4 is 11.6 Å². The van der Waals surface area contributed by atoms with Gasteiger partial charge in [0.1, 0.15) is 11.3 Å². The molecule has 0 unspecified atom stereocenters. The summed E-state index contributed by atoms with van der Waals surface area (Å²) in [6.45, 7) is 3.02. The van der Waals surface area contributed by atoms with E-state index in [1.165, 1.54) is 7.11 Å². The first-order chi connectivity index (χ1) is 8.65. The predicted molar refractivity (Wildman–Crippen MR) is 70.7 cm³/mol. The Kier molecular flexibility index (Phi) is 5.45. The maximum absolute atomic E-state index is 12.4. The second kappa shape index (κ2) is 6.86. The highest BCUT2D eigenvalue weighted by atomic mass is 16.5. The molecule has 1 aromatic rings. The van der Waals surface area contributed by atoms with Gasteiger partial charge in [-0.25, -0.2) is 0 Å². The second-order valence-electron chi connectivity index (χ2n) is 3.89. The van der Waals surface area contributed by atoms with Crippen LogP contribution in [0.3, 0.4) is 0 Å². The highest BCUT2D eigenvalue weighted by Gasteiger charge is 2.20. The lowest BCUT2D eigenvalue weighted by Crippen LogP contribution is -2.33. The molecule has 100 valence electrons. The second-order valence-corrected chi connectivity index (χ2v) is 3.89. The van der Waals surface area contributed by atoms with Gasteiger partial charge in [-0.05, 0) is 25.5 Å². The number of aliphatic hydroxyl groups is 1. The smallest absolute Gasteiger partial charge is 0.259 e. The third kappa shape index (κ3) is 3.13. The van der Waals surface area contributed by atoms with Crippen molar-refractivity contribution in [1.29, 1.82) is 0 Å². The summed E-state index contributed by atoms with van der Waals surface area (Å²) in [5.41, 5.74) is 6.64. The summed E-state index contributed by atoms with van der Waals surface area (Å²) in [5, 5.41) is 8.83. The van der Waals surface area contributed by atoms with Crippen molar-refractivity contribution in [3.63, 3.8) is 0 Å². The maximum Gasteiger partial charge on any atom is 0.259 e. The first-order valence-electron chi connectivity index (χ1n) is 5.98. The van der Waals surface area contributed by atoms with Gasteiger partial charge in [-0.1, -0.05) is 6.07 Å². The average Bonchev–Trinajstić information content (AvgIpc) is 2.38. The minimum atomic E-state index is -0.166. The third-order valence-corrected chi connectivity index (χ3v) is 2.75. The number of methoxy groups -OCH3 is 1. The largest absolute Gasteiger partial charge is 0.496 e. The molecule has 1 rings (SSSR count). The molecule has 0 spiro atoms. The Hall–Kier alpha value is -1.75. The number of hydrogen-bond donors (Lipinski definition) is 2. The Morgan fingerprint density at radius 1 is 1.50 bits per heavy atom. The molecule has 0 heterocycles. The van der Waals surface area contributed by atoms with Gasteiger partial charge in [-0.2, -0.15) is 0 Å². The van der Waals surface area contributed by atoms with E-state index >= 15 is 0 Å². The normalized spacial score (nSPS) is 10.2. The highest BCUT2D eigenvalue weighted by molar-refractivity contribution is 6.01. The number of anilines is 1. The molecule has 1 aromatic carbocycles. The number of nitrogen functional groups attached to an aromatic ring is 1. The van der Waals surface area contributed by atoms with Gasteiger partial charge in [0, 0.05) is 25.4 Å². The van der Waals surface area contributed by atoms with Crippen molar-refractivity contribution in [3.8, 4) is 5.75 Å². The molecule has 0 aromatic heterocycles. The van der Waals surface area contributed by atoms with E-state index in [0.717, 1.165) is 0 Å². The standard InChI is InChI=1S/C13H20N2O3/c1-3-15(8-5-9-16)13(17)12-10(14)6-4-7-11(12)18-2/h4,6-7,16H,3,5,8-9,14H2,1-2H3. The van der Waals surface area contributed by atoms with E-state index in [2.05, 4.69) is 0 Å². The van der Waals surface area contributed by atoms with E-state index in [0.29, 0.717) is 36.5 Å². The molecule has 5 heteroatoms. The Morgan fingerprint density at radius 2 is 2.22 bits per heavy atom. The maximum atomic E-state index is 12.4. The van der Waals surface area contributed by atoms with Crippen LogP contribution < -0.4 is 10.5 Å². The minimum Gasteiger partial charge on any atom is -0.496 e. The van der Waals surface area contributed by atoms with Crippen molar-refractivity contribution < 1.29 is 14.6 Å². The first-order valence-corrected chi connectivity index (χ1v) is 5.98. The summed E-state index contributed by atoms with van der Waals surface area (Å²) in [5.74, 6) is 0.309. The van der Waals surface area contributed by atoms with Crippen LogP contribution >= 0.6 is 0 Å². The van der Waals surface area contributed by atoms with Gasteiger partial charge >= 0.3 is 0 Å². The van der Waals surface area contributed by atoms with Crippen molar-refractivity contribution in [2.45, 2.75) is 13.3 Å². The molecule has 18 heavy (non-hydrogen) atoms. The summed E-state index contributed by atoms with van der Waals surface area (Å²) >= 11 is 0. The lowest BCUT2D eigenvalue weighted by Gasteiger charge is -2.22. The van der Waals surface area contributed by atoms with Gasteiger partial charge in [-0.15, -0.1) is 0 Å². The molecule has 5 nitrogen and oxygen atoms in total. The van der Waals surface area contributed by atoms with Crippen LogP contribution in [0.1, 0.15) is 23.7 Å². The van der Waals surface area contributed by atoms with Gasteiger partial charge in [0.25, 0.3) is 5.91 Å².